The number of carbonyl (C=O) groups is 2. The van der Waals surface area contributed by atoms with Crippen LogP contribution in [0.3, 0.4) is 0 Å². The molecule has 0 unspecified atom stereocenters. The van der Waals surface area contributed by atoms with E-state index < -0.39 is 35.2 Å². The fraction of sp³-hybridized carbons (Fsp3) is 0.421. The van der Waals surface area contributed by atoms with Gasteiger partial charge in [-0.05, 0) is 76.3 Å². The second kappa shape index (κ2) is 16.0. The number of fused-ring (bicyclic) bond motifs is 1. The number of esters is 1. The Labute approximate surface area is 281 Å². The molecule has 2 heterocycles. The highest BCUT2D eigenvalue weighted by molar-refractivity contribution is 5.87. The molecule has 1 saturated heterocycles. The molecule has 0 bridgehead atoms. The van der Waals surface area contributed by atoms with Gasteiger partial charge in [0.1, 0.15) is 18.2 Å². The zero-order valence-corrected chi connectivity index (χ0v) is 28.1. The highest BCUT2D eigenvalue weighted by Gasteiger charge is 2.31. The minimum atomic E-state index is -1.31. The Morgan fingerprint density at radius 2 is 1.42 bits per heavy atom. The number of benzene rings is 3. The molecule has 10 nitrogen and oxygen atoms in total. The quantitative estimate of drug-likeness (QED) is 0.155. The van der Waals surface area contributed by atoms with Crippen molar-refractivity contribution < 1.29 is 19.1 Å². The monoisotopic (exact) mass is 654 g/mol. The molecule has 0 saturated carbocycles. The molecular weight excluding hydrogens is 608 g/mol. The van der Waals surface area contributed by atoms with Crippen molar-refractivity contribution >= 4 is 22.8 Å². The van der Waals surface area contributed by atoms with Crippen molar-refractivity contribution in [2.45, 2.75) is 77.3 Å². The van der Waals surface area contributed by atoms with Crippen LogP contribution in [0, 0.1) is 0 Å². The van der Waals surface area contributed by atoms with E-state index in [1.807, 2.05) is 12.1 Å². The molecule has 1 aliphatic rings. The van der Waals surface area contributed by atoms with E-state index in [9.17, 15) is 19.2 Å². The lowest BCUT2D eigenvalue weighted by molar-refractivity contribution is -0.151. The highest BCUT2D eigenvalue weighted by Crippen LogP contribution is 2.30. The third-order valence-electron chi connectivity index (χ3n) is 8.85. The number of nitrogens with one attached hydrogen (secondary N) is 1. The van der Waals surface area contributed by atoms with Crippen LogP contribution in [0.4, 0.5) is 0 Å². The second-order valence-corrected chi connectivity index (χ2v) is 12.8. The number of hydrogen-bond acceptors (Lipinski definition) is 7. The molecule has 3 aromatic carbocycles. The van der Waals surface area contributed by atoms with E-state index in [2.05, 4.69) is 58.7 Å². The summed E-state index contributed by atoms with van der Waals surface area (Å²) in [6, 6.07) is 27.7. The van der Waals surface area contributed by atoms with Gasteiger partial charge < -0.3 is 19.7 Å². The molecule has 1 amide bonds. The number of likely N-dealkylation sites (tertiary alicyclic amines) is 1. The number of unbranched alkanes of at least 4 members (excludes halogenated alkanes) is 1. The SMILES string of the molecule is CCOC(=O)C(C)(C)NC(=O)Cn1c(=O)c2ccccc2n(CCCCN2CCC(OC(c3ccccc3)c3ccccc3)CC2)c1=O. The van der Waals surface area contributed by atoms with Crippen LogP contribution >= 0.6 is 0 Å². The molecule has 0 spiro atoms. The molecule has 10 heteroatoms. The van der Waals surface area contributed by atoms with Gasteiger partial charge in [-0.1, -0.05) is 72.8 Å². The summed E-state index contributed by atoms with van der Waals surface area (Å²) >= 11 is 0. The third-order valence-corrected chi connectivity index (χ3v) is 8.85. The number of hydrogen-bond donors (Lipinski definition) is 1. The zero-order valence-electron chi connectivity index (χ0n) is 28.1. The number of nitrogens with zero attached hydrogens (tertiary/aromatic N) is 3. The Kier molecular flexibility index (Phi) is 11.6. The minimum absolute atomic E-state index is 0.101. The van der Waals surface area contributed by atoms with Crippen LogP contribution in [0.2, 0.25) is 0 Å². The number of rotatable bonds is 14. The normalized spacial score (nSPS) is 14.3. The van der Waals surface area contributed by atoms with Gasteiger partial charge in [0, 0.05) is 19.6 Å². The van der Waals surface area contributed by atoms with E-state index in [1.165, 1.54) is 13.8 Å². The summed E-state index contributed by atoms with van der Waals surface area (Å²) in [7, 11) is 0. The van der Waals surface area contributed by atoms with E-state index in [1.54, 1.807) is 35.8 Å². The lowest BCUT2D eigenvalue weighted by Gasteiger charge is -2.34. The maximum Gasteiger partial charge on any atom is 0.331 e. The smallest absolute Gasteiger partial charge is 0.331 e. The fourth-order valence-corrected chi connectivity index (χ4v) is 6.29. The number of carbonyl (C=O) groups excluding carboxylic acids is 2. The van der Waals surface area contributed by atoms with Crippen molar-refractivity contribution in [3.8, 4) is 0 Å². The molecule has 1 N–H and O–H groups in total. The van der Waals surface area contributed by atoms with Gasteiger partial charge >= 0.3 is 11.7 Å². The predicted molar refractivity (Wildman–Crippen MR) is 186 cm³/mol. The molecule has 4 aromatic rings. The molecule has 254 valence electrons. The van der Waals surface area contributed by atoms with Crippen molar-refractivity contribution in [3.05, 3.63) is 117 Å². The molecule has 0 aliphatic carbocycles. The van der Waals surface area contributed by atoms with Crippen LogP contribution in [-0.2, 0) is 32.2 Å². The third kappa shape index (κ3) is 8.48. The largest absolute Gasteiger partial charge is 0.464 e. The summed E-state index contributed by atoms with van der Waals surface area (Å²) in [5, 5.41) is 2.96. The molecule has 1 aromatic heterocycles. The molecule has 1 fully saturated rings. The molecule has 48 heavy (non-hydrogen) atoms. The number of aryl methyl sites for hydroxylation is 1. The first-order chi connectivity index (χ1) is 23.2. The van der Waals surface area contributed by atoms with Crippen molar-refractivity contribution in [2.75, 3.05) is 26.2 Å². The zero-order chi connectivity index (χ0) is 34.1. The Hall–Kier alpha value is -4.54. The average molecular weight is 655 g/mol. The average Bonchev–Trinajstić information content (AvgIpc) is 3.10. The summed E-state index contributed by atoms with van der Waals surface area (Å²) in [6.07, 6.45) is 3.55. The Balaban J connectivity index is 1.18. The van der Waals surface area contributed by atoms with Crippen LogP contribution in [0.15, 0.2) is 94.5 Å². The number of amides is 1. The van der Waals surface area contributed by atoms with Gasteiger partial charge in [0.05, 0.1) is 23.6 Å². The summed E-state index contributed by atoms with van der Waals surface area (Å²) in [5.41, 5.74) is 0.455. The summed E-state index contributed by atoms with van der Waals surface area (Å²) in [5.74, 6) is -1.22. The lowest BCUT2D eigenvalue weighted by atomic mass is 10.00. The van der Waals surface area contributed by atoms with E-state index in [0.29, 0.717) is 17.4 Å². The van der Waals surface area contributed by atoms with Crippen LogP contribution < -0.4 is 16.6 Å². The first kappa shape index (κ1) is 34.8. The Morgan fingerprint density at radius 1 is 0.833 bits per heavy atom. The van der Waals surface area contributed by atoms with Crippen molar-refractivity contribution in [3.63, 3.8) is 0 Å². The number of ether oxygens (including phenoxy) is 2. The summed E-state index contributed by atoms with van der Waals surface area (Å²) in [4.78, 5) is 54.5. The minimum Gasteiger partial charge on any atom is -0.464 e. The first-order valence-corrected chi connectivity index (χ1v) is 16.9. The van der Waals surface area contributed by atoms with Gasteiger partial charge in [-0.2, -0.15) is 0 Å². The van der Waals surface area contributed by atoms with Gasteiger partial charge in [-0.3, -0.25) is 18.7 Å². The molecule has 0 radical (unpaired) electrons. The van der Waals surface area contributed by atoms with Gasteiger partial charge in [-0.15, -0.1) is 0 Å². The van der Waals surface area contributed by atoms with E-state index in [-0.39, 0.29) is 18.8 Å². The van der Waals surface area contributed by atoms with Gasteiger partial charge in [0.2, 0.25) is 5.91 Å². The van der Waals surface area contributed by atoms with Crippen LogP contribution in [0.1, 0.15) is 63.7 Å². The Morgan fingerprint density at radius 3 is 2.04 bits per heavy atom. The van der Waals surface area contributed by atoms with Crippen LogP contribution in [0.25, 0.3) is 10.9 Å². The van der Waals surface area contributed by atoms with Gasteiger partial charge in [-0.25, -0.2) is 9.59 Å². The van der Waals surface area contributed by atoms with Crippen molar-refractivity contribution in [2.24, 2.45) is 0 Å². The topological polar surface area (TPSA) is 112 Å². The number of para-hydroxylation sites is 1. The molecule has 0 atom stereocenters. The first-order valence-electron chi connectivity index (χ1n) is 16.9. The summed E-state index contributed by atoms with van der Waals surface area (Å²) < 4.78 is 14.3. The second-order valence-electron chi connectivity index (χ2n) is 12.8. The van der Waals surface area contributed by atoms with Crippen molar-refractivity contribution in [1.82, 2.24) is 19.4 Å². The van der Waals surface area contributed by atoms with Crippen molar-refractivity contribution in [1.29, 1.82) is 0 Å². The predicted octanol–water partition coefficient (Wildman–Crippen LogP) is 4.67. The fourth-order valence-electron chi connectivity index (χ4n) is 6.29. The van der Waals surface area contributed by atoms with Crippen LogP contribution in [0.5, 0.6) is 0 Å². The van der Waals surface area contributed by atoms with Gasteiger partial charge in [0.15, 0.2) is 0 Å². The number of piperidine rings is 1. The Bertz CT molecular complexity index is 1750. The maximum absolute atomic E-state index is 13.6. The number of aromatic nitrogens is 2. The van der Waals surface area contributed by atoms with E-state index >= 15 is 0 Å². The summed E-state index contributed by atoms with van der Waals surface area (Å²) in [6.45, 7) is 7.56. The lowest BCUT2D eigenvalue weighted by Crippen LogP contribution is -2.53. The van der Waals surface area contributed by atoms with Crippen LogP contribution in [-0.4, -0.2) is 63.8 Å². The molecule has 1 aliphatic heterocycles. The molecule has 5 rings (SSSR count). The van der Waals surface area contributed by atoms with E-state index in [0.717, 1.165) is 61.0 Å². The van der Waals surface area contributed by atoms with E-state index in [4.69, 9.17) is 9.47 Å². The van der Waals surface area contributed by atoms with Gasteiger partial charge in [0.25, 0.3) is 5.56 Å². The standard InChI is InChI=1S/C38H46N4O6/c1-4-47-36(45)38(2,3)39-33(43)27-42-35(44)31-19-11-12-20-32(31)41(37(42)46)24-14-13-23-40-25-21-30(22-26-40)48-34(28-15-7-5-8-16-28)29-17-9-6-10-18-29/h5-12,15-20,30,34H,4,13-14,21-27H2,1-3H3,(H,39,43). The maximum atomic E-state index is 13.6. The molecular formula is C38H46N4O6. The highest BCUT2D eigenvalue weighted by atomic mass is 16.5.